The van der Waals surface area contributed by atoms with Crippen LogP contribution < -0.4 is 10.5 Å². The van der Waals surface area contributed by atoms with Crippen LogP contribution in [0.4, 0.5) is 0 Å². The molecule has 2 aromatic heterocycles. The van der Waals surface area contributed by atoms with Gasteiger partial charge >= 0.3 is 5.97 Å². The van der Waals surface area contributed by atoms with Crippen molar-refractivity contribution in [2.45, 2.75) is 19.0 Å². The summed E-state index contributed by atoms with van der Waals surface area (Å²) in [7, 11) is 0. The van der Waals surface area contributed by atoms with Crippen LogP contribution in [0.5, 0.6) is 10.9 Å². The zero-order chi connectivity index (χ0) is 19.5. The molecule has 9 nitrogen and oxygen atoms in total. The second-order valence-corrected chi connectivity index (χ2v) is 7.09. The Kier molecular flexibility index (Phi) is 4.96. The number of hydrogen-bond donors (Lipinski definition) is 2. The number of fused-ring (bicyclic) bond motifs is 1. The summed E-state index contributed by atoms with van der Waals surface area (Å²) in [5, 5.41) is 21.5. The molecule has 0 aliphatic heterocycles. The first-order chi connectivity index (χ1) is 13.6. The Morgan fingerprint density at radius 2 is 2.00 bits per heavy atom. The van der Waals surface area contributed by atoms with E-state index in [1.807, 2.05) is 36.4 Å². The van der Waals surface area contributed by atoms with E-state index in [1.54, 1.807) is 12.1 Å². The average Bonchev–Trinajstić information content (AvgIpc) is 3.28. The van der Waals surface area contributed by atoms with Gasteiger partial charge in [-0.2, -0.15) is 4.80 Å². The van der Waals surface area contributed by atoms with Crippen LogP contribution in [-0.2, 0) is 11.3 Å². The molecule has 142 valence electrons. The summed E-state index contributed by atoms with van der Waals surface area (Å²) in [5.74, 6) is 0.115. The molecule has 0 fully saturated rings. The van der Waals surface area contributed by atoms with E-state index in [9.17, 15) is 4.79 Å². The van der Waals surface area contributed by atoms with Crippen molar-refractivity contribution in [3.05, 3.63) is 48.5 Å². The molecule has 28 heavy (non-hydrogen) atoms. The summed E-state index contributed by atoms with van der Waals surface area (Å²) in [6.07, 6.45) is -0.158. The highest BCUT2D eigenvalue weighted by Gasteiger charge is 2.12. The van der Waals surface area contributed by atoms with Crippen molar-refractivity contribution in [1.82, 2.24) is 25.2 Å². The number of aromatic nitrogens is 5. The number of aliphatic carboxylic acids is 1. The molecule has 3 N–H and O–H groups in total. The standard InChI is InChI=1S/C18H16N6O3S/c19-12(9-16(25)26)10-24-22-17(21-23-24)11-5-7-13(8-6-11)27-18-20-14-3-1-2-4-15(14)28-18/h1-8,12H,9-10,19H2,(H,25,26)/t12-/m0/s1. The Labute approximate surface area is 163 Å². The molecule has 2 heterocycles. The van der Waals surface area contributed by atoms with E-state index in [0.717, 1.165) is 15.8 Å². The Morgan fingerprint density at radius 3 is 2.75 bits per heavy atom. The lowest BCUT2D eigenvalue weighted by atomic mass is 10.2. The van der Waals surface area contributed by atoms with E-state index in [-0.39, 0.29) is 13.0 Å². The maximum absolute atomic E-state index is 10.7. The van der Waals surface area contributed by atoms with Crippen LogP contribution in [0, 0.1) is 0 Å². The van der Waals surface area contributed by atoms with Gasteiger partial charge < -0.3 is 15.6 Å². The van der Waals surface area contributed by atoms with Gasteiger partial charge in [-0.15, -0.1) is 10.2 Å². The number of carbonyl (C=O) groups is 1. The third kappa shape index (κ3) is 4.13. The molecule has 10 heteroatoms. The number of carboxylic acid groups (broad SMARTS) is 1. The monoisotopic (exact) mass is 396 g/mol. The number of nitrogens with zero attached hydrogens (tertiary/aromatic N) is 5. The van der Waals surface area contributed by atoms with Gasteiger partial charge in [0, 0.05) is 11.6 Å². The number of para-hydroxylation sites is 1. The molecule has 2 aromatic carbocycles. The van der Waals surface area contributed by atoms with Crippen LogP contribution >= 0.6 is 11.3 Å². The number of rotatable bonds is 7. The van der Waals surface area contributed by atoms with E-state index < -0.39 is 12.0 Å². The fourth-order valence-corrected chi connectivity index (χ4v) is 3.44. The minimum Gasteiger partial charge on any atom is -0.481 e. The van der Waals surface area contributed by atoms with Crippen molar-refractivity contribution in [3.63, 3.8) is 0 Å². The van der Waals surface area contributed by atoms with Crippen molar-refractivity contribution < 1.29 is 14.6 Å². The summed E-state index contributed by atoms with van der Waals surface area (Å²) in [6, 6.07) is 14.5. The van der Waals surface area contributed by atoms with Crippen LogP contribution in [0.3, 0.4) is 0 Å². The maximum atomic E-state index is 10.7. The lowest BCUT2D eigenvalue weighted by molar-refractivity contribution is -0.137. The lowest BCUT2D eigenvalue weighted by Gasteiger charge is -2.06. The van der Waals surface area contributed by atoms with Crippen LogP contribution in [0.2, 0.25) is 0 Å². The summed E-state index contributed by atoms with van der Waals surface area (Å²) in [6.45, 7) is 0.179. The van der Waals surface area contributed by atoms with Crippen LogP contribution in [0.25, 0.3) is 21.6 Å². The molecular weight excluding hydrogens is 380 g/mol. The highest BCUT2D eigenvalue weighted by atomic mass is 32.1. The van der Waals surface area contributed by atoms with Crippen molar-refractivity contribution in [1.29, 1.82) is 0 Å². The third-order valence-corrected chi connectivity index (χ3v) is 4.79. The minimum absolute atomic E-state index is 0.158. The highest BCUT2D eigenvalue weighted by Crippen LogP contribution is 2.31. The van der Waals surface area contributed by atoms with Crippen LogP contribution in [0.1, 0.15) is 6.42 Å². The normalized spacial score (nSPS) is 12.2. The molecule has 4 aromatic rings. The van der Waals surface area contributed by atoms with E-state index in [4.69, 9.17) is 15.6 Å². The SMILES string of the molecule is N[C@@H](CC(=O)O)Cn1nnc(-c2ccc(Oc3nc4ccccc4s3)cc2)n1. The summed E-state index contributed by atoms with van der Waals surface area (Å²) in [4.78, 5) is 16.4. The average molecular weight is 396 g/mol. The van der Waals surface area contributed by atoms with E-state index in [2.05, 4.69) is 20.4 Å². The van der Waals surface area contributed by atoms with Crippen LogP contribution in [0.15, 0.2) is 48.5 Å². The first-order valence-corrected chi connectivity index (χ1v) is 9.27. The predicted octanol–water partition coefficient (Wildman–Crippen LogP) is 2.54. The van der Waals surface area contributed by atoms with Gasteiger partial charge in [0.25, 0.3) is 5.19 Å². The Bertz CT molecular complexity index is 1070. The predicted molar refractivity (Wildman–Crippen MR) is 103 cm³/mol. The number of benzene rings is 2. The highest BCUT2D eigenvalue weighted by molar-refractivity contribution is 7.20. The van der Waals surface area contributed by atoms with E-state index >= 15 is 0 Å². The number of ether oxygens (including phenoxy) is 1. The van der Waals surface area contributed by atoms with Crippen molar-refractivity contribution >= 4 is 27.5 Å². The molecule has 0 spiro atoms. The van der Waals surface area contributed by atoms with Gasteiger partial charge in [-0.1, -0.05) is 23.5 Å². The molecule has 1 atom stereocenters. The van der Waals surface area contributed by atoms with E-state index in [1.165, 1.54) is 16.1 Å². The second kappa shape index (κ2) is 7.71. The maximum Gasteiger partial charge on any atom is 0.304 e. The number of nitrogens with two attached hydrogens (primary N) is 1. The number of thiazole rings is 1. The zero-order valence-electron chi connectivity index (χ0n) is 14.6. The minimum atomic E-state index is -0.962. The van der Waals surface area contributed by atoms with Crippen molar-refractivity contribution in [2.75, 3.05) is 0 Å². The van der Waals surface area contributed by atoms with Gasteiger partial charge in [0.15, 0.2) is 0 Å². The summed E-state index contributed by atoms with van der Waals surface area (Å²) < 4.78 is 6.89. The Hall–Kier alpha value is -3.37. The molecular formula is C18H16N6O3S. The molecule has 0 saturated heterocycles. The van der Waals surface area contributed by atoms with Gasteiger partial charge in [-0.25, -0.2) is 4.98 Å². The summed E-state index contributed by atoms with van der Waals surface area (Å²) in [5.41, 5.74) is 7.41. The number of tetrazole rings is 1. The first-order valence-electron chi connectivity index (χ1n) is 8.46. The van der Waals surface area contributed by atoms with Crippen molar-refractivity contribution in [3.8, 4) is 22.3 Å². The zero-order valence-corrected chi connectivity index (χ0v) is 15.4. The van der Waals surface area contributed by atoms with E-state index in [0.29, 0.717) is 16.8 Å². The van der Waals surface area contributed by atoms with Gasteiger partial charge in [-0.05, 0) is 41.6 Å². The molecule has 0 saturated carbocycles. The van der Waals surface area contributed by atoms with Gasteiger partial charge in [-0.3, -0.25) is 4.79 Å². The molecule has 4 rings (SSSR count). The second-order valence-electron chi connectivity index (χ2n) is 6.10. The fourth-order valence-electron chi connectivity index (χ4n) is 2.60. The number of carboxylic acids is 1. The molecule has 0 aliphatic carbocycles. The molecule has 0 bridgehead atoms. The lowest BCUT2D eigenvalue weighted by Crippen LogP contribution is -2.30. The topological polar surface area (TPSA) is 129 Å². The molecule has 0 radical (unpaired) electrons. The van der Waals surface area contributed by atoms with Crippen LogP contribution in [-0.4, -0.2) is 42.3 Å². The summed E-state index contributed by atoms with van der Waals surface area (Å²) >= 11 is 1.48. The van der Waals surface area contributed by atoms with Gasteiger partial charge in [0.1, 0.15) is 5.75 Å². The Balaban J connectivity index is 1.43. The molecule has 0 amide bonds. The van der Waals surface area contributed by atoms with Crippen molar-refractivity contribution in [2.24, 2.45) is 5.73 Å². The largest absolute Gasteiger partial charge is 0.481 e. The van der Waals surface area contributed by atoms with Gasteiger partial charge in [0.2, 0.25) is 5.82 Å². The fraction of sp³-hybridized carbons (Fsp3) is 0.167. The number of hydrogen-bond acceptors (Lipinski definition) is 8. The quantitative estimate of drug-likeness (QED) is 0.487. The molecule has 0 aliphatic rings. The smallest absolute Gasteiger partial charge is 0.304 e. The third-order valence-electron chi connectivity index (χ3n) is 3.88. The van der Waals surface area contributed by atoms with Gasteiger partial charge in [0.05, 0.1) is 23.2 Å². The first kappa shape index (κ1) is 18.0. The molecule has 0 unspecified atom stereocenters. The Morgan fingerprint density at radius 1 is 1.21 bits per heavy atom.